The van der Waals surface area contributed by atoms with Gasteiger partial charge in [-0.3, -0.25) is 9.59 Å². The normalized spacial score (nSPS) is 15.2. The monoisotopic (exact) mass is 399 g/mol. The molecular weight excluding hydrogens is 390 g/mol. The highest BCUT2D eigenvalue weighted by atomic mass is 35.5. The molecule has 1 heterocycles. The first-order valence-corrected chi connectivity index (χ1v) is 8.09. The molecule has 0 atom stereocenters. The van der Waals surface area contributed by atoms with Gasteiger partial charge in [0.25, 0.3) is 11.8 Å². The summed E-state index contributed by atoms with van der Waals surface area (Å²) in [5.41, 5.74) is -0.104. The number of rotatable bonds is 2. The van der Waals surface area contributed by atoms with E-state index in [0.29, 0.717) is 16.5 Å². The average Bonchev–Trinajstić information content (AvgIpc) is 2.78. The summed E-state index contributed by atoms with van der Waals surface area (Å²) in [6, 6.07) is 9.50. The van der Waals surface area contributed by atoms with E-state index in [1.165, 1.54) is 0 Å². The molecule has 3 rings (SSSR count). The van der Waals surface area contributed by atoms with Gasteiger partial charge in [0.05, 0.1) is 21.8 Å². The van der Waals surface area contributed by atoms with Gasteiger partial charge >= 0.3 is 6.18 Å². The summed E-state index contributed by atoms with van der Waals surface area (Å²) in [5, 5.41) is -0.875. The van der Waals surface area contributed by atoms with E-state index in [9.17, 15) is 22.8 Å². The van der Waals surface area contributed by atoms with Gasteiger partial charge in [0.1, 0.15) is 5.03 Å². The zero-order valence-electron chi connectivity index (χ0n) is 13.2. The number of halogens is 5. The Labute approximate surface area is 156 Å². The Bertz CT molecular complexity index is 950. The average molecular weight is 400 g/mol. The lowest BCUT2D eigenvalue weighted by molar-refractivity contribution is -0.137. The Balaban J connectivity index is 2.06. The Morgan fingerprint density at radius 1 is 0.923 bits per heavy atom. The van der Waals surface area contributed by atoms with Crippen LogP contribution in [0.2, 0.25) is 5.02 Å². The van der Waals surface area contributed by atoms with Crippen molar-refractivity contribution in [2.75, 3.05) is 4.90 Å². The van der Waals surface area contributed by atoms with E-state index in [2.05, 4.69) is 0 Å². The van der Waals surface area contributed by atoms with Gasteiger partial charge in [-0.1, -0.05) is 53.0 Å². The molecule has 2 aromatic carbocycles. The molecule has 0 spiro atoms. The van der Waals surface area contributed by atoms with Crippen LogP contribution < -0.4 is 4.90 Å². The molecule has 1 aliphatic heterocycles. The summed E-state index contributed by atoms with van der Waals surface area (Å²) in [5.74, 6) is -1.68. The highest BCUT2D eigenvalue weighted by Gasteiger charge is 2.41. The smallest absolute Gasteiger partial charge is 0.268 e. The summed E-state index contributed by atoms with van der Waals surface area (Å²) >= 11 is 11.6. The molecule has 0 fully saturated rings. The zero-order chi connectivity index (χ0) is 19.2. The van der Waals surface area contributed by atoms with E-state index < -0.39 is 28.6 Å². The molecule has 0 N–H and O–H groups in total. The van der Waals surface area contributed by atoms with Crippen molar-refractivity contribution in [2.45, 2.75) is 13.1 Å². The van der Waals surface area contributed by atoms with E-state index in [0.717, 1.165) is 17.7 Å². The van der Waals surface area contributed by atoms with Crippen LogP contribution in [0.1, 0.15) is 16.7 Å². The third kappa shape index (κ3) is 3.10. The molecule has 0 bridgehead atoms. The number of hydrogen-bond donors (Lipinski definition) is 0. The van der Waals surface area contributed by atoms with Gasteiger partial charge < -0.3 is 0 Å². The standard InChI is InChI=1S/C18H10Cl2F3NO2/c1-9-2-4-10(5-3-9)14-15(20)17(26)24(16(14)25)11-6-7-13(19)12(8-11)18(21,22)23/h2-8H,1H3. The van der Waals surface area contributed by atoms with Crippen molar-refractivity contribution in [3.8, 4) is 0 Å². The van der Waals surface area contributed by atoms with Crippen LogP contribution in [0.5, 0.6) is 0 Å². The first-order chi connectivity index (χ1) is 12.1. The minimum Gasteiger partial charge on any atom is -0.268 e. The number of aryl methyl sites for hydroxylation is 1. The molecule has 26 heavy (non-hydrogen) atoms. The molecule has 0 aliphatic carbocycles. The third-order valence-corrected chi connectivity index (χ3v) is 4.56. The zero-order valence-corrected chi connectivity index (χ0v) is 14.7. The van der Waals surface area contributed by atoms with Crippen LogP contribution in [0.4, 0.5) is 18.9 Å². The second kappa shape index (κ2) is 6.45. The van der Waals surface area contributed by atoms with Crippen LogP contribution >= 0.6 is 23.2 Å². The first kappa shape index (κ1) is 18.5. The van der Waals surface area contributed by atoms with Gasteiger partial charge in [-0.25, -0.2) is 4.90 Å². The minimum atomic E-state index is -4.73. The molecule has 0 radical (unpaired) electrons. The van der Waals surface area contributed by atoms with Crippen LogP contribution in [0.25, 0.3) is 5.57 Å². The van der Waals surface area contributed by atoms with Crippen LogP contribution in [0, 0.1) is 6.92 Å². The highest BCUT2D eigenvalue weighted by molar-refractivity contribution is 6.60. The topological polar surface area (TPSA) is 37.4 Å². The van der Waals surface area contributed by atoms with Crippen molar-refractivity contribution in [1.29, 1.82) is 0 Å². The van der Waals surface area contributed by atoms with Gasteiger partial charge in [0.2, 0.25) is 0 Å². The van der Waals surface area contributed by atoms with Crippen LogP contribution in [0.15, 0.2) is 47.5 Å². The largest absolute Gasteiger partial charge is 0.417 e. The lowest BCUT2D eigenvalue weighted by Crippen LogP contribution is -2.31. The van der Waals surface area contributed by atoms with Crippen molar-refractivity contribution >= 4 is 46.3 Å². The Hall–Kier alpha value is -2.31. The van der Waals surface area contributed by atoms with Crippen LogP contribution in [0.3, 0.4) is 0 Å². The number of alkyl halides is 3. The fourth-order valence-corrected chi connectivity index (χ4v) is 3.08. The second-order valence-electron chi connectivity index (χ2n) is 5.66. The maximum atomic E-state index is 13.1. The summed E-state index contributed by atoms with van der Waals surface area (Å²) in [4.78, 5) is 25.7. The molecule has 3 nitrogen and oxygen atoms in total. The molecule has 8 heteroatoms. The first-order valence-electron chi connectivity index (χ1n) is 7.33. The molecule has 1 aliphatic rings. The summed E-state index contributed by atoms with van der Waals surface area (Å²) in [6.45, 7) is 1.85. The molecule has 0 saturated heterocycles. The Kier molecular flexibility index (Phi) is 4.58. The fraction of sp³-hybridized carbons (Fsp3) is 0.111. The highest BCUT2D eigenvalue weighted by Crippen LogP contribution is 2.40. The summed E-state index contributed by atoms with van der Waals surface area (Å²) in [6.07, 6.45) is -4.73. The third-order valence-electron chi connectivity index (χ3n) is 3.88. The van der Waals surface area contributed by atoms with Crippen molar-refractivity contribution in [1.82, 2.24) is 0 Å². The maximum Gasteiger partial charge on any atom is 0.417 e. The van der Waals surface area contributed by atoms with E-state index in [1.807, 2.05) is 6.92 Å². The second-order valence-corrected chi connectivity index (χ2v) is 6.45. The van der Waals surface area contributed by atoms with Crippen molar-refractivity contribution < 1.29 is 22.8 Å². The van der Waals surface area contributed by atoms with Gasteiger partial charge in [0, 0.05) is 0 Å². The lowest BCUT2D eigenvalue weighted by Gasteiger charge is -2.17. The number of benzene rings is 2. The quantitative estimate of drug-likeness (QED) is 0.651. The number of amides is 2. The summed E-state index contributed by atoms with van der Waals surface area (Å²) in [7, 11) is 0. The maximum absolute atomic E-state index is 13.1. The number of imide groups is 1. The molecule has 0 saturated carbocycles. The number of anilines is 1. The minimum absolute atomic E-state index is 0.0554. The predicted molar refractivity (Wildman–Crippen MR) is 92.9 cm³/mol. The summed E-state index contributed by atoms with van der Waals surface area (Å²) < 4.78 is 39.2. The molecule has 2 aromatic rings. The van der Waals surface area contributed by atoms with Crippen molar-refractivity contribution in [2.24, 2.45) is 0 Å². The van der Waals surface area contributed by atoms with Crippen molar-refractivity contribution in [3.05, 3.63) is 69.2 Å². The number of nitrogens with zero attached hydrogens (tertiary/aromatic N) is 1. The van der Waals surface area contributed by atoms with Gasteiger partial charge in [-0.2, -0.15) is 13.2 Å². The molecule has 0 unspecified atom stereocenters. The van der Waals surface area contributed by atoms with Gasteiger partial charge in [-0.15, -0.1) is 0 Å². The molecule has 134 valence electrons. The van der Waals surface area contributed by atoms with Crippen LogP contribution in [-0.4, -0.2) is 11.8 Å². The van der Waals surface area contributed by atoms with E-state index in [1.54, 1.807) is 24.3 Å². The lowest BCUT2D eigenvalue weighted by atomic mass is 10.0. The van der Waals surface area contributed by atoms with E-state index in [-0.39, 0.29) is 16.3 Å². The van der Waals surface area contributed by atoms with Gasteiger partial charge in [-0.05, 0) is 30.7 Å². The van der Waals surface area contributed by atoms with E-state index >= 15 is 0 Å². The molecule has 2 amide bonds. The van der Waals surface area contributed by atoms with Crippen molar-refractivity contribution in [3.63, 3.8) is 0 Å². The van der Waals surface area contributed by atoms with Gasteiger partial charge in [0.15, 0.2) is 0 Å². The molecule has 0 aromatic heterocycles. The van der Waals surface area contributed by atoms with Crippen LogP contribution in [-0.2, 0) is 15.8 Å². The SMILES string of the molecule is Cc1ccc(C2=C(Cl)C(=O)N(c3ccc(Cl)c(C(F)(F)F)c3)C2=O)cc1. The number of carbonyl (C=O) groups is 2. The fourth-order valence-electron chi connectivity index (χ4n) is 2.58. The number of carbonyl (C=O) groups excluding carboxylic acids is 2. The predicted octanol–water partition coefficient (Wildman–Crippen LogP) is 5.19. The molecular formula is C18H10Cl2F3NO2. The Morgan fingerprint density at radius 3 is 2.12 bits per heavy atom. The number of hydrogen-bond acceptors (Lipinski definition) is 2. The van der Waals surface area contributed by atoms with E-state index in [4.69, 9.17) is 23.2 Å². The Morgan fingerprint density at radius 2 is 1.54 bits per heavy atom.